The second-order valence-corrected chi connectivity index (χ2v) is 9.08. The number of anilines is 3. The SMILES string of the molecule is Fc1ccc2c(c1)NC1CCN(c3nc4ccc(N5CCOCC5)cc4s3)CC21. The number of halogens is 1. The first kappa shape index (κ1) is 17.5. The lowest BCUT2D eigenvalue weighted by molar-refractivity contribution is 0.122. The van der Waals surface area contributed by atoms with E-state index in [4.69, 9.17) is 9.72 Å². The van der Waals surface area contributed by atoms with E-state index < -0.39 is 0 Å². The second kappa shape index (κ2) is 6.85. The van der Waals surface area contributed by atoms with Crippen molar-refractivity contribution in [3.05, 3.63) is 47.8 Å². The monoisotopic (exact) mass is 410 g/mol. The van der Waals surface area contributed by atoms with Gasteiger partial charge in [0.15, 0.2) is 5.13 Å². The fraction of sp³-hybridized carbons (Fsp3) is 0.409. The Morgan fingerprint density at radius 3 is 2.86 bits per heavy atom. The van der Waals surface area contributed by atoms with Crippen LogP contribution in [-0.2, 0) is 4.74 Å². The molecule has 0 radical (unpaired) electrons. The van der Waals surface area contributed by atoms with Crippen molar-refractivity contribution in [1.82, 2.24) is 4.98 Å². The van der Waals surface area contributed by atoms with Crippen molar-refractivity contribution in [3.63, 3.8) is 0 Å². The number of hydrogen-bond donors (Lipinski definition) is 1. The molecule has 2 fully saturated rings. The Labute approximate surface area is 173 Å². The minimum atomic E-state index is -0.172. The Morgan fingerprint density at radius 2 is 1.97 bits per heavy atom. The fourth-order valence-corrected chi connectivity index (χ4v) is 5.88. The van der Waals surface area contributed by atoms with Gasteiger partial charge in [0.2, 0.25) is 0 Å². The summed E-state index contributed by atoms with van der Waals surface area (Å²) in [5.74, 6) is 0.212. The molecule has 2 atom stereocenters. The molecule has 0 saturated carbocycles. The maximum Gasteiger partial charge on any atom is 0.186 e. The molecule has 3 aliphatic heterocycles. The van der Waals surface area contributed by atoms with Crippen LogP contribution in [0.25, 0.3) is 10.2 Å². The highest BCUT2D eigenvalue weighted by molar-refractivity contribution is 7.22. The Morgan fingerprint density at radius 1 is 1.07 bits per heavy atom. The fourth-order valence-electron chi connectivity index (χ4n) is 4.84. The van der Waals surface area contributed by atoms with Gasteiger partial charge in [-0.2, -0.15) is 0 Å². The molecule has 2 unspecified atom stereocenters. The molecule has 4 heterocycles. The predicted octanol–water partition coefficient (Wildman–Crippen LogP) is 4.06. The molecule has 3 aromatic rings. The lowest BCUT2D eigenvalue weighted by Gasteiger charge is -2.35. The van der Waals surface area contributed by atoms with Crippen LogP contribution in [0, 0.1) is 5.82 Å². The minimum Gasteiger partial charge on any atom is -0.381 e. The molecule has 150 valence electrons. The number of rotatable bonds is 2. The van der Waals surface area contributed by atoms with Gasteiger partial charge in [-0.15, -0.1) is 0 Å². The van der Waals surface area contributed by atoms with Gasteiger partial charge in [-0.3, -0.25) is 0 Å². The number of ether oxygens (including phenoxy) is 1. The summed E-state index contributed by atoms with van der Waals surface area (Å²) in [6.07, 6.45) is 1.04. The number of nitrogens with one attached hydrogen (secondary N) is 1. The molecule has 0 bridgehead atoms. The third-order valence-corrected chi connectivity index (χ3v) is 7.45. The third-order valence-electron chi connectivity index (χ3n) is 6.38. The van der Waals surface area contributed by atoms with Crippen LogP contribution in [0.3, 0.4) is 0 Å². The van der Waals surface area contributed by atoms with E-state index in [2.05, 4.69) is 33.3 Å². The first-order valence-corrected chi connectivity index (χ1v) is 11.1. The molecule has 7 heteroatoms. The largest absolute Gasteiger partial charge is 0.381 e. The van der Waals surface area contributed by atoms with E-state index in [9.17, 15) is 4.39 Å². The molecule has 29 heavy (non-hydrogen) atoms. The van der Waals surface area contributed by atoms with Gasteiger partial charge in [0.05, 0.1) is 23.4 Å². The molecule has 2 aromatic carbocycles. The maximum absolute atomic E-state index is 13.6. The molecular weight excluding hydrogens is 387 g/mol. The highest BCUT2D eigenvalue weighted by atomic mass is 32.1. The van der Waals surface area contributed by atoms with Crippen LogP contribution in [0.4, 0.5) is 20.9 Å². The molecule has 3 aliphatic rings. The van der Waals surface area contributed by atoms with Crippen LogP contribution in [0.15, 0.2) is 36.4 Å². The van der Waals surface area contributed by atoms with Gasteiger partial charge < -0.3 is 19.9 Å². The lowest BCUT2D eigenvalue weighted by Crippen LogP contribution is -2.42. The summed E-state index contributed by atoms with van der Waals surface area (Å²) in [5, 5.41) is 4.61. The highest BCUT2D eigenvalue weighted by Crippen LogP contribution is 2.42. The summed E-state index contributed by atoms with van der Waals surface area (Å²) in [6.45, 7) is 5.37. The van der Waals surface area contributed by atoms with Crippen LogP contribution >= 0.6 is 11.3 Å². The number of aromatic nitrogens is 1. The number of morpholine rings is 1. The van der Waals surface area contributed by atoms with Crippen LogP contribution in [-0.4, -0.2) is 50.4 Å². The van der Waals surface area contributed by atoms with E-state index in [-0.39, 0.29) is 5.82 Å². The topological polar surface area (TPSA) is 40.6 Å². The Hall–Kier alpha value is -2.38. The molecule has 5 nitrogen and oxygen atoms in total. The summed E-state index contributed by atoms with van der Waals surface area (Å²) < 4.78 is 20.3. The zero-order valence-corrected chi connectivity index (χ0v) is 16.9. The number of thiazole rings is 1. The number of piperidine rings is 1. The van der Waals surface area contributed by atoms with Gasteiger partial charge >= 0.3 is 0 Å². The maximum atomic E-state index is 13.6. The smallest absolute Gasteiger partial charge is 0.186 e. The summed E-state index contributed by atoms with van der Waals surface area (Å²) in [7, 11) is 0. The summed E-state index contributed by atoms with van der Waals surface area (Å²) in [4.78, 5) is 9.71. The van der Waals surface area contributed by atoms with Gasteiger partial charge in [-0.25, -0.2) is 9.37 Å². The minimum absolute atomic E-state index is 0.172. The predicted molar refractivity (Wildman–Crippen MR) is 116 cm³/mol. The molecule has 0 aliphatic carbocycles. The van der Waals surface area contributed by atoms with E-state index in [1.165, 1.54) is 16.0 Å². The molecule has 1 N–H and O–H groups in total. The van der Waals surface area contributed by atoms with Crippen LogP contribution in [0.5, 0.6) is 0 Å². The van der Waals surface area contributed by atoms with Crippen molar-refractivity contribution >= 4 is 38.1 Å². The average molecular weight is 411 g/mol. The zero-order chi connectivity index (χ0) is 19.4. The molecule has 1 aromatic heterocycles. The van der Waals surface area contributed by atoms with Crippen molar-refractivity contribution in [3.8, 4) is 0 Å². The molecule has 0 amide bonds. The summed E-state index contributed by atoms with van der Waals surface area (Å²) >= 11 is 1.78. The van der Waals surface area contributed by atoms with Gasteiger partial charge in [0, 0.05) is 49.5 Å². The number of benzene rings is 2. The van der Waals surface area contributed by atoms with Crippen LogP contribution < -0.4 is 15.1 Å². The third kappa shape index (κ3) is 3.04. The van der Waals surface area contributed by atoms with Gasteiger partial charge in [-0.1, -0.05) is 17.4 Å². The molecule has 0 spiro atoms. The van der Waals surface area contributed by atoms with Crippen molar-refractivity contribution in [2.75, 3.05) is 54.5 Å². The van der Waals surface area contributed by atoms with Crippen molar-refractivity contribution in [2.45, 2.75) is 18.4 Å². The van der Waals surface area contributed by atoms with Crippen molar-refractivity contribution < 1.29 is 9.13 Å². The zero-order valence-electron chi connectivity index (χ0n) is 16.1. The van der Waals surface area contributed by atoms with Gasteiger partial charge in [0.1, 0.15) is 5.82 Å². The Balaban J connectivity index is 1.26. The molecular formula is C22H23FN4OS. The van der Waals surface area contributed by atoms with E-state index in [1.54, 1.807) is 23.5 Å². The van der Waals surface area contributed by atoms with Gasteiger partial charge in [0.25, 0.3) is 0 Å². The standard InChI is InChI=1S/C22H23FN4OS/c23-14-1-3-16-17-13-27(6-5-18(17)24-20(16)11-14)22-25-19-4-2-15(12-21(19)29-22)26-7-9-28-10-8-26/h1-4,11-12,17-18,24H,5-10,13H2. The van der Waals surface area contributed by atoms with Crippen molar-refractivity contribution in [1.29, 1.82) is 0 Å². The first-order valence-electron chi connectivity index (χ1n) is 10.3. The van der Waals surface area contributed by atoms with E-state index >= 15 is 0 Å². The second-order valence-electron chi connectivity index (χ2n) is 8.07. The van der Waals surface area contributed by atoms with Gasteiger partial charge in [-0.05, 0) is 42.3 Å². The first-order chi connectivity index (χ1) is 14.2. The normalized spacial score (nSPS) is 23.8. The van der Waals surface area contributed by atoms with Crippen molar-refractivity contribution in [2.24, 2.45) is 0 Å². The Bertz CT molecular complexity index is 1060. The van der Waals surface area contributed by atoms with E-state index in [0.29, 0.717) is 12.0 Å². The lowest BCUT2D eigenvalue weighted by atomic mass is 9.89. The highest BCUT2D eigenvalue weighted by Gasteiger charge is 2.37. The van der Waals surface area contributed by atoms with Crippen LogP contribution in [0.2, 0.25) is 0 Å². The van der Waals surface area contributed by atoms with Crippen LogP contribution in [0.1, 0.15) is 17.9 Å². The average Bonchev–Trinajstić information content (AvgIpc) is 3.34. The quantitative estimate of drug-likeness (QED) is 0.690. The number of nitrogens with zero attached hydrogens (tertiary/aromatic N) is 3. The molecule has 6 rings (SSSR count). The molecule has 2 saturated heterocycles. The number of hydrogen-bond acceptors (Lipinski definition) is 6. The van der Waals surface area contributed by atoms with E-state index in [0.717, 1.165) is 62.1 Å². The number of fused-ring (bicyclic) bond motifs is 4. The summed E-state index contributed by atoms with van der Waals surface area (Å²) in [6, 6.07) is 12.1. The van der Waals surface area contributed by atoms with E-state index in [1.807, 2.05) is 6.07 Å². The summed E-state index contributed by atoms with van der Waals surface area (Å²) in [5.41, 5.74) is 4.51. The Kier molecular flexibility index (Phi) is 4.13.